The molecule has 3 nitrogen and oxygen atoms in total. The maximum atomic E-state index is 5.71. The van der Waals surface area contributed by atoms with E-state index >= 15 is 0 Å². The van der Waals surface area contributed by atoms with Gasteiger partial charge in [0, 0.05) is 0 Å². The van der Waals surface area contributed by atoms with Crippen LogP contribution in [0, 0.1) is 0 Å². The summed E-state index contributed by atoms with van der Waals surface area (Å²) in [6, 6.07) is 0.0764. The Kier molecular flexibility index (Phi) is 1.72. The fraction of sp³-hybridized carbons (Fsp3) is 1.00. The molecule has 58 valence electrons. The van der Waals surface area contributed by atoms with Gasteiger partial charge in [0.25, 0.3) is 0 Å². The Morgan fingerprint density at radius 2 is 1.90 bits per heavy atom. The molecule has 4 atom stereocenters. The summed E-state index contributed by atoms with van der Waals surface area (Å²) in [5, 5.41) is 0. The molecule has 2 fully saturated rings. The fourth-order valence-electron chi connectivity index (χ4n) is 1.48. The smallest absolute Gasteiger partial charge is 0.102 e. The van der Waals surface area contributed by atoms with E-state index in [1.165, 1.54) is 0 Å². The molecule has 0 bridgehead atoms. The van der Waals surface area contributed by atoms with E-state index < -0.39 is 0 Å². The topological polar surface area (TPSA) is 44.5 Å². The minimum absolute atomic E-state index is 0.0764. The van der Waals surface area contributed by atoms with Gasteiger partial charge in [-0.3, -0.25) is 0 Å². The van der Waals surface area contributed by atoms with Gasteiger partial charge in [0.15, 0.2) is 0 Å². The number of halogens is 1. The van der Waals surface area contributed by atoms with Gasteiger partial charge in [-0.15, -0.1) is 0 Å². The summed E-state index contributed by atoms with van der Waals surface area (Å²) in [5.74, 6) is 0. The van der Waals surface area contributed by atoms with E-state index in [2.05, 4.69) is 15.9 Å². The number of ether oxygens (including phenoxy) is 2. The van der Waals surface area contributed by atoms with Crippen LogP contribution in [0.5, 0.6) is 0 Å². The molecule has 10 heavy (non-hydrogen) atoms. The zero-order chi connectivity index (χ0) is 7.14. The van der Waals surface area contributed by atoms with Crippen LogP contribution in [0.1, 0.15) is 0 Å². The second kappa shape index (κ2) is 2.44. The van der Waals surface area contributed by atoms with Crippen molar-refractivity contribution in [3.05, 3.63) is 0 Å². The van der Waals surface area contributed by atoms with Crippen molar-refractivity contribution in [2.24, 2.45) is 5.73 Å². The molecule has 0 aromatic rings. The van der Waals surface area contributed by atoms with Crippen molar-refractivity contribution in [3.63, 3.8) is 0 Å². The van der Waals surface area contributed by atoms with Crippen molar-refractivity contribution in [2.75, 3.05) is 13.2 Å². The summed E-state index contributed by atoms with van der Waals surface area (Å²) in [4.78, 5) is 0.339. The van der Waals surface area contributed by atoms with Crippen LogP contribution in [0.25, 0.3) is 0 Å². The number of fused-ring (bicyclic) bond motifs is 1. The van der Waals surface area contributed by atoms with E-state index in [9.17, 15) is 0 Å². The first-order valence-corrected chi connectivity index (χ1v) is 4.33. The Morgan fingerprint density at radius 3 is 2.60 bits per heavy atom. The molecule has 0 aromatic carbocycles. The molecule has 0 aliphatic carbocycles. The molecule has 0 spiro atoms. The first kappa shape index (κ1) is 7.03. The standard InChI is InChI=1S/C6H10BrNO2/c7-3-1-9-6-4(8)2-10-5(3)6/h3-6H,1-2,8H2/t3-,4-,5+,6+/m0/s1. The number of rotatable bonds is 0. The Hall–Kier alpha value is 0.360. The molecular weight excluding hydrogens is 198 g/mol. The number of hydrogen-bond donors (Lipinski definition) is 1. The molecule has 0 unspecified atom stereocenters. The summed E-state index contributed by atoms with van der Waals surface area (Å²) < 4.78 is 10.8. The summed E-state index contributed by atoms with van der Waals surface area (Å²) in [6.45, 7) is 1.36. The minimum atomic E-state index is 0.0764. The van der Waals surface area contributed by atoms with Gasteiger partial charge in [-0.1, -0.05) is 15.9 Å². The molecule has 2 aliphatic heterocycles. The van der Waals surface area contributed by atoms with Crippen LogP contribution < -0.4 is 5.73 Å². The van der Waals surface area contributed by atoms with Gasteiger partial charge in [0.1, 0.15) is 12.2 Å². The predicted octanol–water partition coefficient (Wildman–Crippen LogP) is -0.125. The third-order valence-electron chi connectivity index (χ3n) is 2.03. The van der Waals surface area contributed by atoms with Gasteiger partial charge in [0.05, 0.1) is 24.1 Å². The third-order valence-corrected chi connectivity index (χ3v) is 2.82. The Bertz CT molecular complexity index is 128. The molecule has 0 amide bonds. The number of alkyl halides is 1. The van der Waals surface area contributed by atoms with Crippen LogP contribution in [0.15, 0.2) is 0 Å². The molecule has 2 saturated heterocycles. The largest absolute Gasteiger partial charge is 0.372 e. The number of nitrogens with two attached hydrogens (primary N) is 1. The SMILES string of the molecule is N[C@H]1CO[C@H]2[C@@H]1OC[C@@H]2Br. The van der Waals surface area contributed by atoms with Crippen LogP contribution in [-0.4, -0.2) is 36.3 Å². The van der Waals surface area contributed by atoms with Crippen molar-refractivity contribution in [2.45, 2.75) is 23.1 Å². The summed E-state index contributed by atoms with van der Waals surface area (Å²) in [7, 11) is 0. The first-order valence-electron chi connectivity index (χ1n) is 3.42. The second-order valence-corrected chi connectivity index (χ2v) is 3.95. The summed E-state index contributed by atoms with van der Waals surface area (Å²) in [6.07, 6.45) is 0.319. The van der Waals surface area contributed by atoms with Crippen molar-refractivity contribution in [3.8, 4) is 0 Å². The molecule has 2 N–H and O–H groups in total. The average Bonchev–Trinajstić information content (AvgIpc) is 2.41. The van der Waals surface area contributed by atoms with Crippen LogP contribution in [0.2, 0.25) is 0 Å². The molecule has 0 saturated carbocycles. The highest BCUT2D eigenvalue weighted by Crippen LogP contribution is 2.29. The van der Waals surface area contributed by atoms with Gasteiger partial charge in [0.2, 0.25) is 0 Å². The highest BCUT2D eigenvalue weighted by molar-refractivity contribution is 9.09. The van der Waals surface area contributed by atoms with Crippen LogP contribution in [-0.2, 0) is 9.47 Å². The van der Waals surface area contributed by atoms with Crippen LogP contribution >= 0.6 is 15.9 Å². The van der Waals surface area contributed by atoms with Crippen molar-refractivity contribution in [1.29, 1.82) is 0 Å². The van der Waals surface area contributed by atoms with Crippen molar-refractivity contribution < 1.29 is 9.47 Å². The van der Waals surface area contributed by atoms with E-state index in [-0.39, 0.29) is 18.2 Å². The minimum Gasteiger partial charge on any atom is -0.372 e. The number of hydrogen-bond acceptors (Lipinski definition) is 3. The van der Waals surface area contributed by atoms with Crippen LogP contribution in [0.4, 0.5) is 0 Å². The van der Waals surface area contributed by atoms with Crippen molar-refractivity contribution >= 4 is 15.9 Å². The second-order valence-electron chi connectivity index (χ2n) is 2.78. The third kappa shape index (κ3) is 0.906. The van der Waals surface area contributed by atoms with Gasteiger partial charge in [-0.25, -0.2) is 0 Å². The molecule has 4 heteroatoms. The lowest BCUT2D eigenvalue weighted by Gasteiger charge is -2.10. The lowest BCUT2D eigenvalue weighted by Crippen LogP contribution is -2.35. The zero-order valence-corrected chi connectivity index (χ0v) is 7.08. The van der Waals surface area contributed by atoms with Gasteiger partial charge in [-0.2, -0.15) is 0 Å². The average molecular weight is 208 g/mol. The Labute approximate surface area is 68.0 Å². The van der Waals surface area contributed by atoms with E-state index in [4.69, 9.17) is 15.2 Å². The lowest BCUT2D eigenvalue weighted by molar-refractivity contribution is 0.0715. The first-order chi connectivity index (χ1) is 4.79. The van der Waals surface area contributed by atoms with Crippen LogP contribution in [0.3, 0.4) is 0 Å². The molecular formula is C6H10BrNO2. The van der Waals surface area contributed by atoms with E-state index in [0.29, 0.717) is 11.4 Å². The zero-order valence-electron chi connectivity index (χ0n) is 5.50. The Morgan fingerprint density at radius 1 is 1.20 bits per heavy atom. The highest BCUT2D eigenvalue weighted by atomic mass is 79.9. The molecule has 0 radical (unpaired) electrons. The van der Waals surface area contributed by atoms with Gasteiger partial charge < -0.3 is 15.2 Å². The van der Waals surface area contributed by atoms with E-state index in [1.807, 2.05) is 0 Å². The molecule has 0 aromatic heterocycles. The lowest BCUT2D eigenvalue weighted by atomic mass is 10.1. The molecule has 2 rings (SSSR count). The normalized spacial score (nSPS) is 53.4. The maximum Gasteiger partial charge on any atom is 0.102 e. The predicted molar refractivity (Wildman–Crippen MR) is 40.2 cm³/mol. The highest BCUT2D eigenvalue weighted by Gasteiger charge is 2.44. The summed E-state index contributed by atoms with van der Waals surface area (Å²) >= 11 is 3.47. The van der Waals surface area contributed by atoms with E-state index in [0.717, 1.165) is 6.61 Å². The maximum absolute atomic E-state index is 5.71. The fourth-order valence-corrected chi connectivity index (χ4v) is 2.09. The van der Waals surface area contributed by atoms with Gasteiger partial charge in [-0.05, 0) is 0 Å². The van der Waals surface area contributed by atoms with Gasteiger partial charge >= 0.3 is 0 Å². The van der Waals surface area contributed by atoms with Crippen molar-refractivity contribution in [1.82, 2.24) is 0 Å². The monoisotopic (exact) mass is 207 g/mol. The quantitative estimate of drug-likeness (QED) is 0.564. The summed E-state index contributed by atoms with van der Waals surface area (Å²) in [5.41, 5.74) is 5.71. The molecule has 2 heterocycles. The molecule has 2 aliphatic rings. The Balaban J connectivity index is 2.09. The van der Waals surface area contributed by atoms with E-state index in [1.54, 1.807) is 0 Å².